The van der Waals surface area contributed by atoms with Gasteiger partial charge in [-0.1, -0.05) is 30.3 Å². The van der Waals surface area contributed by atoms with Crippen LogP contribution in [0.15, 0.2) is 53.3 Å². The van der Waals surface area contributed by atoms with E-state index in [-0.39, 0.29) is 5.69 Å². The molecule has 2 aromatic carbocycles. The monoisotopic (exact) mass is 239 g/mol. The van der Waals surface area contributed by atoms with Gasteiger partial charge in [0.05, 0.1) is 16.7 Å². The van der Waals surface area contributed by atoms with Crippen LogP contribution in [0.25, 0.3) is 11.0 Å². The number of hydrogen-bond donors (Lipinski definition) is 2. The molecule has 4 heteroatoms. The van der Waals surface area contributed by atoms with Crippen molar-refractivity contribution >= 4 is 16.7 Å². The number of aromatic nitrogens is 2. The maximum Gasteiger partial charge on any atom is 0.345 e. The lowest BCUT2D eigenvalue weighted by Gasteiger charge is -2.09. The number of aromatic amines is 1. The van der Waals surface area contributed by atoms with E-state index >= 15 is 0 Å². The molecule has 4 nitrogen and oxygen atoms in total. The molecule has 1 aromatic heterocycles. The third-order valence-electron chi connectivity index (χ3n) is 2.97. The smallest absolute Gasteiger partial charge is 0.304 e. The second kappa shape index (κ2) is 4.07. The summed E-state index contributed by atoms with van der Waals surface area (Å²) in [4.78, 5) is 14.7. The molecule has 0 aliphatic rings. The molecule has 18 heavy (non-hydrogen) atoms. The number of fused-ring (bicyclic) bond motifs is 1. The minimum Gasteiger partial charge on any atom is -0.304 e. The van der Waals surface area contributed by atoms with Gasteiger partial charge in [0.25, 0.3) is 0 Å². The number of hydrogen-bond acceptors (Lipinski definition) is 2. The lowest BCUT2D eigenvalue weighted by atomic mass is 10.2. The summed E-state index contributed by atoms with van der Waals surface area (Å²) in [5, 5.41) is 0. The number of benzene rings is 2. The number of imidazole rings is 1. The molecule has 0 spiro atoms. The highest BCUT2D eigenvalue weighted by Gasteiger charge is 2.06. The molecular formula is C14H13N3O. The van der Waals surface area contributed by atoms with Gasteiger partial charge in [0.15, 0.2) is 0 Å². The minimum absolute atomic E-state index is 0.167. The van der Waals surface area contributed by atoms with E-state index in [0.717, 1.165) is 22.3 Å². The summed E-state index contributed by atoms with van der Waals surface area (Å²) >= 11 is 0. The normalized spacial score (nSPS) is 10.7. The Balaban J connectivity index is 2.13. The second-order valence-corrected chi connectivity index (χ2v) is 4.21. The Morgan fingerprint density at radius 3 is 2.61 bits per heavy atom. The molecule has 0 saturated heterocycles. The second-order valence-electron chi connectivity index (χ2n) is 4.21. The van der Waals surface area contributed by atoms with Gasteiger partial charge in [-0.25, -0.2) is 9.47 Å². The summed E-state index contributed by atoms with van der Waals surface area (Å²) in [5.74, 6) is 0. The predicted molar refractivity (Wildman–Crippen MR) is 72.8 cm³/mol. The molecule has 0 unspecified atom stereocenters. The molecule has 3 rings (SSSR count). The number of para-hydroxylation sites is 3. The van der Waals surface area contributed by atoms with E-state index in [1.165, 1.54) is 4.68 Å². The van der Waals surface area contributed by atoms with Crippen molar-refractivity contribution < 1.29 is 0 Å². The first-order valence-electron chi connectivity index (χ1n) is 5.78. The van der Waals surface area contributed by atoms with Crippen LogP contribution in [0.5, 0.6) is 0 Å². The Kier molecular flexibility index (Phi) is 2.41. The van der Waals surface area contributed by atoms with Crippen molar-refractivity contribution in [1.82, 2.24) is 9.66 Å². The van der Waals surface area contributed by atoms with Crippen molar-refractivity contribution in [3.63, 3.8) is 0 Å². The summed E-state index contributed by atoms with van der Waals surface area (Å²) in [6.45, 7) is 2.00. The Morgan fingerprint density at radius 2 is 1.78 bits per heavy atom. The zero-order valence-electron chi connectivity index (χ0n) is 9.97. The van der Waals surface area contributed by atoms with Gasteiger partial charge in [0.2, 0.25) is 0 Å². The molecule has 0 atom stereocenters. The van der Waals surface area contributed by atoms with Gasteiger partial charge < -0.3 is 4.98 Å². The lowest BCUT2D eigenvalue weighted by molar-refractivity contribution is 0.926. The van der Waals surface area contributed by atoms with Crippen molar-refractivity contribution in [1.29, 1.82) is 0 Å². The summed E-state index contributed by atoms with van der Waals surface area (Å²) in [7, 11) is 0. The highest BCUT2D eigenvalue weighted by Crippen LogP contribution is 2.15. The first-order valence-corrected chi connectivity index (χ1v) is 5.78. The van der Waals surface area contributed by atoms with Crippen molar-refractivity contribution in [3.05, 3.63) is 64.6 Å². The van der Waals surface area contributed by atoms with Gasteiger partial charge in [-0.3, -0.25) is 5.43 Å². The Bertz CT molecular complexity index is 755. The third-order valence-corrected chi connectivity index (χ3v) is 2.97. The van der Waals surface area contributed by atoms with Crippen LogP contribution in [-0.2, 0) is 0 Å². The molecule has 0 radical (unpaired) electrons. The molecule has 0 aliphatic heterocycles. The highest BCUT2D eigenvalue weighted by atomic mass is 16.2. The molecule has 0 saturated carbocycles. The van der Waals surface area contributed by atoms with E-state index in [2.05, 4.69) is 10.4 Å². The Morgan fingerprint density at radius 1 is 1.06 bits per heavy atom. The number of H-pyrrole nitrogens is 1. The summed E-state index contributed by atoms with van der Waals surface area (Å²) in [6, 6.07) is 15.5. The molecule has 0 bridgehead atoms. The van der Waals surface area contributed by atoms with Crippen molar-refractivity contribution in [2.24, 2.45) is 0 Å². The fourth-order valence-corrected chi connectivity index (χ4v) is 1.98. The SMILES string of the molecule is Cc1ccccc1Nn1c(=O)[nH]c2ccccc21. The van der Waals surface area contributed by atoms with E-state index < -0.39 is 0 Å². The van der Waals surface area contributed by atoms with Crippen LogP contribution < -0.4 is 11.1 Å². The van der Waals surface area contributed by atoms with Crippen molar-refractivity contribution in [2.75, 3.05) is 5.43 Å². The van der Waals surface area contributed by atoms with Gasteiger partial charge >= 0.3 is 5.69 Å². The van der Waals surface area contributed by atoms with Crippen molar-refractivity contribution in [3.8, 4) is 0 Å². The van der Waals surface area contributed by atoms with Gasteiger partial charge in [0.1, 0.15) is 0 Å². The topological polar surface area (TPSA) is 49.8 Å². The number of aryl methyl sites for hydroxylation is 1. The zero-order chi connectivity index (χ0) is 12.5. The largest absolute Gasteiger partial charge is 0.345 e. The number of anilines is 1. The van der Waals surface area contributed by atoms with Gasteiger partial charge in [-0.2, -0.15) is 0 Å². The summed E-state index contributed by atoms with van der Waals surface area (Å²) in [5.41, 5.74) is 6.64. The summed E-state index contributed by atoms with van der Waals surface area (Å²) < 4.78 is 1.53. The number of nitrogens with zero attached hydrogens (tertiary/aromatic N) is 1. The van der Waals surface area contributed by atoms with Crippen LogP contribution in [0.3, 0.4) is 0 Å². The van der Waals surface area contributed by atoms with E-state index in [0.29, 0.717) is 0 Å². The standard InChI is InChI=1S/C14H13N3O/c1-10-6-2-3-7-11(10)16-17-13-9-5-4-8-12(13)15-14(17)18/h2-9,16H,1H3,(H,15,18). The van der Waals surface area contributed by atoms with Crippen LogP contribution in [0, 0.1) is 6.92 Å². The van der Waals surface area contributed by atoms with Crippen LogP contribution in [-0.4, -0.2) is 9.66 Å². The van der Waals surface area contributed by atoms with E-state index in [9.17, 15) is 4.79 Å². The molecule has 2 N–H and O–H groups in total. The lowest BCUT2D eigenvalue weighted by Crippen LogP contribution is -2.23. The maximum absolute atomic E-state index is 11.9. The highest BCUT2D eigenvalue weighted by molar-refractivity contribution is 5.75. The quantitative estimate of drug-likeness (QED) is 0.722. The average molecular weight is 239 g/mol. The summed E-state index contributed by atoms with van der Waals surface area (Å²) in [6.07, 6.45) is 0. The van der Waals surface area contributed by atoms with Crippen LogP contribution in [0.1, 0.15) is 5.56 Å². The molecule has 90 valence electrons. The molecule has 1 heterocycles. The van der Waals surface area contributed by atoms with Gasteiger partial charge in [-0.15, -0.1) is 0 Å². The molecule has 3 aromatic rings. The molecular weight excluding hydrogens is 226 g/mol. The van der Waals surface area contributed by atoms with Crippen molar-refractivity contribution in [2.45, 2.75) is 6.92 Å². The zero-order valence-corrected chi connectivity index (χ0v) is 9.97. The molecule has 0 amide bonds. The van der Waals surface area contributed by atoms with Crippen LogP contribution in [0.2, 0.25) is 0 Å². The van der Waals surface area contributed by atoms with Crippen LogP contribution in [0.4, 0.5) is 5.69 Å². The maximum atomic E-state index is 11.9. The van der Waals surface area contributed by atoms with Gasteiger partial charge in [-0.05, 0) is 30.7 Å². The Labute approximate surface area is 104 Å². The number of nitrogens with one attached hydrogen (secondary N) is 2. The van der Waals surface area contributed by atoms with E-state index in [1.54, 1.807) is 0 Å². The van der Waals surface area contributed by atoms with Gasteiger partial charge in [0, 0.05) is 0 Å². The van der Waals surface area contributed by atoms with E-state index in [4.69, 9.17) is 0 Å². The first kappa shape index (κ1) is 10.7. The fourth-order valence-electron chi connectivity index (χ4n) is 1.98. The third kappa shape index (κ3) is 1.68. The average Bonchev–Trinajstić information content (AvgIpc) is 2.69. The Hall–Kier alpha value is -2.49. The first-order chi connectivity index (χ1) is 8.75. The molecule has 0 fully saturated rings. The molecule has 0 aliphatic carbocycles. The minimum atomic E-state index is -0.167. The van der Waals surface area contributed by atoms with Crippen LogP contribution >= 0.6 is 0 Å². The van der Waals surface area contributed by atoms with E-state index in [1.807, 2.05) is 55.5 Å². The number of rotatable bonds is 2. The fraction of sp³-hybridized carbons (Fsp3) is 0.0714. The predicted octanol–water partition coefficient (Wildman–Crippen LogP) is 2.51.